The zero-order chi connectivity index (χ0) is 24.5. The van der Waals surface area contributed by atoms with Crippen molar-refractivity contribution >= 4 is 23.5 Å². The number of rotatable bonds is 7. The molecule has 1 saturated heterocycles. The van der Waals surface area contributed by atoms with Crippen LogP contribution in [0.2, 0.25) is 0 Å². The number of piperazine rings is 1. The summed E-state index contributed by atoms with van der Waals surface area (Å²) >= 11 is 0. The molecule has 0 bridgehead atoms. The number of carbonyl (C=O) groups excluding carboxylic acids is 2. The molecule has 34 heavy (non-hydrogen) atoms. The van der Waals surface area contributed by atoms with Crippen LogP contribution in [0.3, 0.4) is 0 Å². The van der Waals surface area contributed by atoms with Crippen molar-refractivity contribution in [2.75, 3.05) is 44.2 Å². The van der Waals surface area contributed by atoms with Crippen LogP contribution in [0.5, 0.6) is 0 Å². The Hall–Kier alpha value is -3.46. The van der Waals surface area contributed by atoms with E-state index in [9.17, 15) is 19.5 Å². The summed E-state index contributed by atoms with van der Waals surface area (Å²) in [5.74, 6) is -1.59. The van der Waals surface area contributed by atoms with Crippen molar-refractivity contribution in [3.63, 3.8) is 0 Å². The molecule has 0 radical (unpaired) electrons. The summed E-state index contributed by atoms with van der Waals surface area (Å²) in [6.07, 6.45) is 3.54. The van der Waals surface area contributed by atoms with E-state index in [0.717, 1.165) is 37.4 Å². The summed E-state index contributed by atoms with van der Waals surface area (Å²) in [5.41, 5.74) is 3.25. The number of aliphatic carboxylic acids is 1. The van der Waals surface area contributed by atoms with E-state index < -0.39 is 17.9 Å². The van der Waals surface area contributed by atoms with Gasteiger partial charge < -0.3 is 25.5 Å². The monoisotopic (exact) mass is 467 g/mol. The lowest BCUT2D eigenvalue weighted by atomic mass is 9.97. The van der Waals surface area contributed by atoms with Crippen LogP contribution < -0.4 is 15.5 Å². The van der Waals surface area contributed by atoms with Crippen LogP contribution in [0.25, 0.3) is 0 Å². The van der Waals surface area contributed by atoms with Gasteiger partial charge >= 0.3 is 5.97 Å². The number of nitrogens with one attached hydrogen (secondary N) is 2. The van der Waals surface area contributed by atoms with Gasteiger partial charge in [-0.3, -0.25) is 19.4 Å². The van der Waals surface area contributed by atoms with Crippen LogP contribution in [0.4, 0.5) is 5.69 Å². The van der Waals surface area contributed by atoms with Crippen molar-refractivity contribution in [2.45, 2.75) is 32.7 Å². The number of hydrogen-bond donors (Lipinski definition) is 3. The third-order valence-corrected chi connectivity index (χ3v) is 5.88. The average molecular weight is 468 g/mol. The first-order valence-corrected chi connectivity index (χ1v) is 11.8. The minimum atomic E-state index is -1.03. The second-order valence-corrected chi connectivity index (χ2v) is 8.06. The predicted octanol–water partition coefficient (Wildman–Crippen LogP) is 1.85. The van der Waals surface area contributed by atoms with Gasteiger partial charge in [0.05, 0.1) is 19.0 Å². The SMILES string of the molecule is CC.O=C(O)C[C@H](NC(=O)CN1CCc2ccc(N3CCNCC3)cc2C1=O)c1cccnc1. The molecule has 182 valence electrons. The van der Waals surface area contributed by atoms with E-state index in [1.54, 1.807) is 18.3 Å². The van der Waals surface area contributed by atoms with Gasteiger partial charge in [-0.25, -0.2) is 0 Å². The fourth-order valence-corrected chi connectivity index (χ4v) is 4.20. The van der Waals surface area contributed by atoms with E-state index in [0.29, 0.717) is 24.1 Å². The van der Waals surface area contributed by atoms with Gasteiger partial charge in [-0.05, 0) is 35.7 Å². The van der Waals surface area contributed by atoms with E-state index in [2.05, 4.69) is 26.6 Å². The molecule has 2 amide bonds. The topological polar surface area (TPSA) is 115 Å². The lowest BCUT2D eigenvalue weighted by Gasteiger charge is -2.32. The number of anilines is 1. The number of pyridine rings is 1. The fourth-order valence-electron chi connectivity index (χ4n) is 4.20. The van der Waals surface area contributed by atoms with Gasteiger partial charge in [-0.15, -0.1) is 0 Å². The first kappa shape index (κ1) is 25.2. The second-order valence-electron chi connectivity index (χ2n) is 8.06. The predicted molar refractivity (Wildman–Crippen MR) is 130 cm³/mol. The molecular formula is C25H33N5O4. The highest BCUT2D eigenvalue weighted by Gasteiger charge is 2.28. The van der Waals surface area contributed by atoms with Crippen molar-refractivity contribution in [1.82, 2.24) is 20.5 Å². The Labute approximate surface area is 200 Å². The number of fused-ring (bicyclic) bond motifs is 1. The van der Waals surface area contributed by atoms with Gasteiger partial charge in [0.2, 0.25) is 5.91 Å². The van der Waals surface area contributed by atoms with Crippen LogP contribution in [0.1, 0.15) is 47.8 Å². The first-order valence-electron chi connectivity index (χ1n) is 11.8. The van der Waals surface area contributed by atoms with E-state index in [1.165, 1.54) is 11.1 Å². The molecule has 1 aromatic heterocycles. The second kappa shape index (κ2) is 12.1. The Morgan fingerprint density at radius 2 is 1.94 bits per heavy atom. The Morgan fingerprint density at radius 3 is 2.62 bits per heavy atom. The molecule has 9 heteroatoms. The maximum absolute atomic E-state index is 13.1. The van der Waals surface area contributed by atoms with E-state index in [1.807, 2.05) is 26.0 Å². The number of aromatic nitrogens is 1. The van der Waals surface area contributed by atoms with Gasteiger partial charge in [-0.1, -0.05) is 26.0 Å². The van der Waals surface area contributed by atoms with Crippen LogP contribution in [0.15, 0.2) is 42.7 Å². The zero-order valence-corrected chi connectivity index (χ0v) is 19.8. The lowest BCUT2D eigenvalue weighted by molar-refractivity contribution is -0.137. The quantitative estimate of drug-likeness (QED) is 0.569. The summed E-state index contributed by atoms with van der Waals surface area (Å²) in [4.78, 5) is 44.9. The zero-order valence-electron chi connectivity index (χ0n) is 19.8. The molecule has 1 fully saturated rings. The molecule has 1 aromatic carbocycles. The maximum Gasteiger partial charge on any atom is 0.305 e. The number of carbonyl (C=O) groups is 3. The molecule has 0 saturated carbocycles. The average Bonchev–Trinajstić information content (AvgIpc) is 2.87. The van der Waals surface area contributed by atoms with Crippen molar-refractivity contribution in [2.24, 2.45) is 0 Å². The molecule has 3 N–H and O–H groups in total. The molecule has 2 aromatic rings. The molecular weight excluding hydrogens is 434 g/mol. The van der Waals surface area contributed by atoms with Gasteiger partial charge in [0, 0.05) is 56.4 Å². The minimum absolute atomic E-state index is 0.119. The maximum atomic E-state index is 13.1. The normalized spacial score (nSPS) is 16.1. The number of carboxylic acids is 1. The summed E-state index contributed by atoms with van der Waals surface area (Å²) in [6.45, 7) is 7.92. The number of amides is 2. The number of hydrogen-bond acceptors (Lipinski definition) is 6. The summed E-state index contributed by atoms with van der Waals surface area (Å²) in [5, 5.41) is 15.3. The van der Waals surface area contributed by atoms with Gasteiger partial charge in [0.15, 0.2) is 0 Å². The molecule has 0 unspecified atom stereocenters. The fraction of sp³-hybridized carbons (Fsp3) is 0.440. The summed E-state index contributed by atoms with van der Waals surface area (Å²) < 4.78 is 0. The summed E-state index contributed by atoms with van der Waals surface area (Å²) in [7, 11) is 0. The van der Waals surface area contributed by atoms with Crippen molar-refractivity contribution < 1.29 is 19.5 Å². The largest absolute Gasteiger partial charge is 0.481 e. The van der Waals surface area contributed by atoms with Crippen molar-refractivity contribution in [1.29, 1.82) is 0 Å². The first-order chi connectivity index (χ1) is 16.5. The number of benzene rings is 1. The van der Waals surface area contributed by atoms with Gasteiger partial charge in [0.25, 0.3) is 5.91 Å². The molecule has 9 nitrogen and oxygen atoms in total. The smallest absolute Gasteiger partial charge is 0.305 e. The number of carboxylic acid groups (broad SMARTS) is 1. The van der Waals surface area contributed by atoms with E-state index >= 15 is 0 Å². The molecule has 2 aliphatic rings. The standard InChI is InChI=1S/C23H27N5O4.C2H6/c29-21(26-20(13-22(30)31)17-2-1-6-25-14-17)15-28-9-5-16-3-4-18(12-19(16)23(28)32)27-10-7-24-8-11-27;1-2/h1-4,6,12,14,20,24H,5,7-11,13,15H2,(H,26,29)(H,30,31);1-2H3/t20-;/m0./s1. The highest BCUT2D eigenvalue weighted by atomic mass is 16.4. The third kappa shape index (κ3) is 6.32. The highest BCUT2D eigenvalue weighted by molar-refractivity contribution is 5.99. The van der Waals surface area contributed by atoms with Crippen LogP contribution in [-0.4, -0.2) is 72.0 Å². The van der Waals surface area contributed by atoms with Crippen molar-refractivity contribution in [3.8, 4) is 0 Å². The molecule has 4 rings (SSSR count). The Kier molecular flexibility index (Phi) is 8.98. The molecule has 1 atom stereocenters. The van der Waals surface area contributed by atoms with Gasteiger partial charge in [0.1, 0.15) is 0 Å². The lowest BCUT2D eigenvalue weighted by Crippen LogP contribution is -2.45. The van der Waals surface area contributed by atoms with Gasteiger partial charge in [-0.2, -0.15) is 0 Å². The molecule has 3 heterocycles. The molecule has 0 spiro atoms. The minimum Gasteiger partial charge on any atom is -0.481 e. The van der Waals surface area contributed by atoms with Crippen LogP contribution in [-0.2, 0) is 16.0 Å². The van der Waals surface area contributed by atoms with E-state index in [-0.39, 0.29) is 18.9 Å². The highest BCUT2D eigenvalue weighted by Crippen LogP contribution is 2.25. The Morgan fingerprint density at radius 1 is 1.18 bits per heavy atom. The van der Waals surface area contributed by atoms with E-state index in [4.69, 9.17) is 0 Å². The Balaban J connectivity index is 0.00000158. The van der Waals surface area contributed by atoms with Crippen LogP contribution >= 0.6 is 0 Å². The molecule has 2 aliphatic heterocycles. The van der Waals surface area contributed by atoms with Crippen LogP contribution in [0, 0.1) is 0 Å². The number of nitrogens with zero attached hydrogens (tertiary/aromatic N) is 3. The third-order valence-electron chi connectivity index (χ3n) is 5.88. The molecule has 0 aliphatic carbocycles. The summed E-state index contributed by atoms with van der Waals surface area (Å²) in [6, 6.07) is 8.70. The van der Waals surface area contributed by atoms with Crippen molar-refractivity contribution in [3.05, 3.63) is 59.4 Å². The Bertz CT molecular complexity index is 992.